The fourth-order valence-corrected chi connectivity index (χ4v) is 2.43. The Morgan fingerprint density at radius 3 is 2.33 bits per heavy atom. The van der Waals surface area contributed by atoms with Crippen molar-refractivity contribution in [2.45, 2.75) is 12.8 Å². The summed E-state index contributed by atoms with van der Waals surface area (Å²) in [6, 6.07) is 14.8. The normalized spacial score (nSPS) is 10.6. The van der Waals surface area contributed by atoms with Gasteiger partial charge in [0.15, 0.2) is 0 Å². The van der Waals surface area contributed by atoms with Crippen LogP contribution >= 0.6 is 31.9 Å². The zero-order valence-electron chi connectivity index (χ0n) is 12.6. The van der Waals surface area contributed by atoms with Gasteiger partial charge in [-0.2, -0.15) is 5.10 Å². The van der Waals surface area contributed by atoms with Gasteiger partial charge < -0.3 is 5.32 Å². The van der Waals surface area contributed by atoms with E-state index < -0.39 is 0 Å². The summed E-state index contributed by atoms with van der Waals surface area (Å²) in [7, 11) is 0. The van der Waals surface area contributed by atoms with Crippen LogP contribution in [-0.4, -0.2) is 18.0 Å². The molecule has 7 heteroatoms. The van der Waals surface area contributed by atoms with E-state index in [-0.39, 0.29) is 24.7 Å². The lowest BCUT2D eigenvalue weighted by Gasteiger charge is -2.06. The molecule has 0 heterocycles. The Hall–Kier alpha value is -1.99. The first kappa shape index (κ1) is 18.4. The van der Waals surface area contributed by atoms with E-state index >= 15 is 0 Å². The highest BCUT2D eigenvalue weighted by atomic mass is 79.9. The van der Waals surface area contributed by atoms with Crippen molar-refractivity contribution < 1.29 is 9.59 Å². The molecule has 0 aliphatic carbocycles. The third kappa shape index (κ3) is 6.25. The summed E-state index contributed by atoms with van der Waals surface area (Å²) in [5, 5.41) is 6.61. The number of carbonyl (C=O) groups is 2. The summed E-state index contributed by atoms with van der Waals surface area (Å²) in [4.78, 5) is 23.5. The van der Waals surface area contributed by atoms with Crippen molar-refractivity contribution in [3.05, 3.63) is 63.0 Å². The van der Waals surface area contributed by atoms with Crippen LogP contribution in [0.2, 0.25) is 0 Å². The zero-order valence-corrected chi connectivity index (χ0v) is 15.8. The van der Waals surface area contributed by atoms with Crippen LogP contribution in [0, 0.1) is 0 Å². The summed E-state index contributed by atoms with van der Waals surface area (Å²) in [5.74, 6) is -0.542. The van der Waals surface area contributed by atoms with E-state index in [9.17, 15) is 9.59 Å². The molecule has 2 amide bonds. The number of halogens is 2. The van der Waals surface area contributed by atoms with Crippen molar-refractivity contribution in [1.82, 2.24) is 5.43 Å². The number of hydrazone groups is 1. The molecular weight excluding hydrogens is 438 g/mol. The topological polar surface area (TPSA) is 70.6 Å². The number of anilines is 1. The minimum atomic E-state index is -0.314. The second kappa shape index (κ2) is 9.34. The predicted octanol–water partition coefficient (Wildman–Crippen LogP) is 4.08. The Morgan fingerprint density at radius 2 is 1.62 bits per heavy atom. The Balaban J connectivity index is 1.73. The van der Waals surface area contributed by atoms with Crippen LogP contribution in [0.3, 0.4) is 0 Å². The van der Waals surface area contributed by atoms with E-state index in [2.05, 4.69) is 47.7 Å². The number of para-hydroxylation sites is 1. The van der Waals surface area contributed by atoms with E-state index in [1.807, 2.05) is 42.5 Å². The summed E-state index contributed by atoms with van der Waals surface area (Å²) >= 11 is 6.69. The molecule has 0 saturated heterocycles. The minimum Gasteiger partial charge on any atom is -0.325 e. The van der Waals surface area contributed by atoms with Crippen molar-refractivity contribution in [2.24, 2.45) is 5.10 Å². The highest BCUT2D eigenvalue weighted by molar-refractivity contribution is 9.10. The van der Waals surface area contributed by atoms with E-state index in [1.54, 1.807) is 12.3 Å². The van der Waals surface area contributed by atoms with Gasteiger partial charge in [0.1, 0.15) is 0 Å². The van der Waals surface area contributed by atoms with Crippen LogP contribution in [-0.2, 0) is 9.59 Å². The van der Waals surface area contributed by atoms with Gasteiger partial charge in [-0.05, 0) is 45.8 Å². The van der Waals surface area contributed by atoms with Crippen LogP contribution in [0.1, 0.15) is 18.4 Å². The number of benzene rings is 2. The second-order valence-electron chi connectivity index (χ2n) is 4.87. The molecule has 24 heavy (non-hydrogen) atoms. The van der Waals surface area contributed by atoms with Gasteiger partial charge in [-0.3, -0.25) is 9.59 Å². The summed E-state index contributed by atoms with van der Waals surface area (Å²) in [6.45, 7) is 0. The van der Waals surface area contributed by atoms with Gasteiger partial charge in [-0.1, -0.05) is 40.2 Å². The van der Waals surface area contributed by atoms with Crippen molar-refractivity contribution in [3.63, 3.8) is 0 Å². The second-order valence-corrected chi connectivity index (χ2v) is 6.64. The largest absolute Gasteiger partial charge is 0.325 e. The van der Waals surface area contributed by atoms with E-state index in [0.717, 1.165) is 14.5 Å². The third-order valence-electron chi connectivity index (χ3n) is 3.00. The van der Waals surface area contributed by atoms with Crippen LogP contribution in [0.5, 0.6) is 0 Å². The molecule has 2 aromatic carbocycles. The summed E-state index contributed by atoms with van der Waals surface area (Å²) < 4.78 is 1.77. The van der Waals surface area contributed by atoms with Gasteiger partial charge >= 0.3 is 0 Å². The monoisotopic (exact) mass is 451 g/mol. The van der Waals surface area contributed by atoms with Gasteiger partial charge in [0.2, 0.25) is 11.8 Å². The smallest absolute Gasteiger partial charge is 0.240 e. The van der Waals surface area contributed by atoms with Crippen LogP contribution in [0.4, 0.5) is 5.69 Å². The highest BCUT2D eigenvalue weighted by Gasteiger charge is 2.08. The minimum absolute atomic E-state index is 0.0635. The van der Waals surface area contributed by atoms with Crippen LogP contribution in [0.25, 0.3) is 0 Å². The molecule has 0 unspecified atom stereocenters. The maximum atomic E-state index is 11.8. The molecule has 0 radical (unpaired) electrons. The van der Waals surface area contributed by atoms with Gasteiger partial charge in [0, 0.05) is 21.8 Å². The first-order valence-electron chi connectivity index (χ1n) is 7.16. The molecular formula is C17H15Br2N3O2. The number of hydrogen-bond donors (Lipinski definition) is 2. The van der Waals surface area contributed by atoms with Gasteiger partial charge in [-0.25, -0.2) is 5.43 Å². The SMILES string of the molecule is O=C(CCC(=O)Nc1ccccc1Br)N/N=C\c1ccc(Br)cc1. The Morgan fingerprint density at radius 1 is 0.958 bits per heavy atom. The molecule has 0 aliphatic rings. The van der Waals surface area contributed by atoms with Gasteiger partial charge in [0.25, 0.3) is 0 Å². The fraction of sp³-hybridized carbons (Fsp3) is 0.118. The number of carbonyl (C=O) groups excluding carboxylic acids is 2. The van der Waals surface area contributed by atoms with Crippen LogP contribution in [0.15, 0.2) is 62.6 Å². The van der Waals surface area contributed by atoms with Crippen molar-refractivity contribution >= 4 is 55.6 Å². The quantitative estimate of drug-likeness (QED) is 0.512. The predicted molar refractivity (Wildman–Crippen MR) is 102 cm³/mol. The highest BCUT2D eigenvalue weighted by Crippen LogP contribution is 2.21. The average molecular weight is 453 g/mol. The maximum absolute atomic E-state index is 11.8. The van der Waals surface area contributed by atoms with Crippen molar-refractivity contribution in [1.29, 1.82) is 0 Å². The molecule has 0 bridgehead atoms. The molecule has 0 aromatic heterocycles. The molecule has 5 nitrogen and oxygen atoms in total. The van der Waals surface area contributed by atoms with Crippen molar-refractivity contribution in [2.75, 3.05) is 5.32 Å². The number of amides is 2. The van der Waals surface area contributed by atoms with E-state index in [4.69, 9.17) is 0 Å². The molecule has 0 spiro atoms. The first-order valence-corrected chi connectivity index (χ1v) is 8.75. The molecule has 2 aromatic rings. The summed E-state index contributed by atoms with van der Waals surface area (Å²) in [6.07, 6.45) is 1.69. The Labute approximate surface area is 156 Å². The Kier molecular flexibility index (Phi) is 7.14. The molecule has 0 aliphatic heterocycles. The molecule has 2 N–H and O–H groups in total. The molecule has 0 atom stereocenters. The van der Waals surface area contributed by atoms with Gasteiger partial charge in [-0.15, -0.1) is 0 Å². The van der Waals surface area contributed by atoms with Crippen molar-refractivity contribution in [3.8, 4) is 0 Å². The maximum Gasteiger partial charge on any atom is 0.240 e. The number of nitrogens with zero attached hydrogens (tertiary/aromatic N) is 1. The lowest BCUT2D eigenvalue weighted by atomic mass is 10.2. The molecule has 2 rings (SSSR count). The fourth-order valence-electron chi connectivity index (χ4n) is 1.79. The van der Waals surface area contributed by atoms with E-state index in [0.29, 0.717) is 5.69 Å². The van der Waals surface area contributed by atoms with Gasteiger partial charge in [0.05, 0.1) is 11.9 Å². The standard InChI is InChI=1S/C17H15Br2N3O2/c18-13-7-5-12(6-8-13)11-20-22-17(24)10-9-16(23)21-15-4-2-1-3-14(15)19/h1-8,11H,9-10H2,(H,21,23)(H,22,24)/b20-11-. The molecule has 0 saturated carbocycles. The first-order chi connectivity index (χ1) is 11.5. The lowest BCUT2D eigenvalue weighted by molar-refractivity contribution is -0.124. The number of nitrogens with one attached hydrogen (secondary N) is 2. The lowest BCUT2D eigenvalue weighted by Crippen LogP contribution is -2.20. The average Bonchev–Trinajstić information content (AvgIpc) is 2.57. The Bertz CT molecular complexity index is 746. The summed E-state index contributed by atoms with van der Waals surface area (Å²) in [5.41, 5.74) is 3.95. The van der Waals surface area contributed by atoms with Crippen LogP contribution < -0.4 is 10.7 Å². The number of rotatable bonds is 6. The number of hydrogen-bond acceptors (Lipinski definition) is 3. The molecule has 0 fully saturated rings. The van der Waals surface area contributed by atoms with E-state index in [1.165, 1.54) is 0 Å². The molecule has 124 valence electrons. The zero-order chi connectivity index (χ0) is 17.4. The third-order valence-corrected chi connectivity index (χ3v) is 4.22.